The van der Waals surface area contributed by atoms with Gasteiger partial charge in [-0.1, -0.05) is 158 Å². The van der Waals surface area contributed by atoms with Gasteiger partial charge < -0.3 is 0 Å². The molecule has 0 N–H and O–H groups in total. The topological polar surface area (TPSA) is 38.7 Å². The predicted octanol–water partition coefficient (Wildman–Crippen LogP) is 13.6. The molecular formula is C53H35N3. The molecule has 0 spiro atoms. The number of rotatable bonds is 5. The number of aromatic nitrogens is 3. The van der Waals surface area contributed by atoms with Crippen LogP contribution in [0.5, 0.6) is 0 Å². The van der Waals surface area contributed by atoms with Crippen molar-refractivity contribution in [3.8, 4) is 45.0 Å². The number of benzene rings is 7. The molecule has 7 aromatic carbocycles. The highest BCUT2D eigenvalue weighted by molar-refractivity contribution is 6.20. The zero-order chi connectivity index (χ0) is 37.0. The minimum atomic E-state index is 0.423. The number of pyridine rings is 1. The summed E-state index contributed by atoms with van der Waals surface area (Å²) in [6.07, 6.45) is 16.7. The molecule has 0 saturated heterocycles. The maximum absolute atomic E-state index is 5.11. The molecule has 2 heterocycles. The molecule has 1 unspecified atom stereocenters. The molecule has 0 radical (unpaired) electrons. The van der Waals surface area contributed by atoms with Crippen LogP contribution in [0.3, 0.4) is 0 Å². The second kappa shape index (κ2) is 13.3. The van der Waals surface area contributed by atoms with E-state index in [1.165, 1.54) is 60.2 Å². The van der Waals surface area contributed by atoms with Crippen molar-refractivity contribution >= 4 is 48.8 Å². The van der Waals surface area contributed by atoms with Crippen molar-refractivity contribution < 1.29 is 0 Å². The Morgan fingerprint density at radius 2 is 1.23 bits per heavy atom. The van der Waals surface area contributed by atoms with E-state index in [1.54, 1.807) is 0 Å². The van der Waals surface area contributed by atoms with Crippen LogP contribution >= 0.6 is 0 Å². The number of allylic oxidation sites excluding steroid dienone is 8. The molecule has 9 aromatic rings. The second-order valence-electron chi connectivity index (χ2n) is 14.7. The third kappa shape index (κ3) is 5.48. The molecule has 11 rings (SSSR count). The molecule has 2 aliphatic carbocycles. The van der Waals surface area contributed by atoms with Crippen molar-refractivity contribution in [3.05, 3.63) is 205 Å². The van der Waals surface area contributed by atoms with E-state index in [4.69, 9.17) is 15.0 Å². The second-order valence-corrected chi connectivity index (χ2v) is 14.7. The Morgan fingerprint density at radius 1 is 0.500 bits per heavy atom. The summed E-state index contributed by atoms with van der Waals surface area (Å²) >= 11 is 0. The zero-order valence-electron chi connectivity index (χ0n) is 30.6. The summed E-state index contributed by atoms with van der Waals surface area (Å²) in [5.74, 6) is 1.13. The molecule has 56 heavy (non-hydrogen) atoms. The van der Waals surface area contributed by atoms with Crippen molar-refractivity contribution in [2.24, 2.45) is 5.92 Å². The number of hydrogen-bond acceptors (Lipinski definition) is 3. The van der Waals surface area contributed by atoms with Crippen molar-refractivity contribution in [1.29, 1.82) is 0 Å². The highest BCUT2D eigenvalue weighted by atomic mass is 14.9. The molecule has 3 heteroatoms. The van der Waals surface area contributed by atoms with Gasteiger partial charge in [-0.3, -0.25) is 4.98 Å². The van der Waals surface area contributed by atoms with Gasteiger partial charge in [0, 0.05) is 34.2 Å². The monoisotopic (exact) mass is 713 g/mol. The first-order valence-corrected chi connectivity index (χ1v) is 19.3. The normalized spacial score (nSPS) is 15.0. The van der Waals surface area contributed by atoms with Gasteiger partial charge in [0.2, 0.25) is 0 Å². The van der Waals surface area contributed by atoms with Crippen LogP contribution < -0.4 is 0 Å². The quantitative estimate of drug-likeness (QED) is 0.167. The van der Waals surface area contributed by atoms with Crippen LogP contribution in [0.1, 0.15) is 12.0 Å². The van der Waals surface area contributed by atoms with Gasteiger partial charge in [0.05, 0.1) is 16.9 Å². The van der Waals surface area contributed by atoms with E-state index in [1.807, 2.05) is 36.5 Å². The number of nitrogens with zero attached hydrogens (tertiary/aromatic N) is 3. The molecule has 0 aliphatic heterocycles. The lowest BCUT2D eigenvalue weighted by Crippen LogP contribution is -2.06. The summed E-state index contributed by atoms with van der Waals surface area (Å²) in [7, 11) is 0. The van der Waals surface area contributed by atoms with Gasteiger partial charge in [-0.2, -0.15) is 0 Å². The Balaban J connectivity index is 1.10. The van der Waals surface area contributed by atoms with Crippen LogP contribution in [0.15, 0.2) is 200 Å². The Labute approximate surface area is 325 Å². The van der Waals surface area contributed by atoms with Crippen LogP contribution in [-0.2, 0) is 0 Å². The van der Waals surface area contributed by atoms with Crippen LogP contribution in [0.2, 0.25) is 0 Å². The average molecular weight is 714 g/mol. The largest absolute Gasteiger partial charge is 0.256 e. The maximum atomic E-state index is 5.11. The van der Waals surface area contributed by atoms with Gasteiger partial charge >= 0.3 is 0 Å². The molecule has 262 valence electrons. The summed E-state index contributed by atoms with van der Waals surface area (Å²) in [6, 6.07) is 54.0. The Kier molecular flexibility index (Phi) is 7.63. The van der Waals surface area contributed by atoms with Crippen molar-refractivity contribution in [2.75, 3.05) is 0 Å². The van der Waals surface area contributed by atoms with Crippen molar-refractivity contribution in [3.63, 3.8) is 0 Å². The molecular weight excluding hydrogens is 679 g/mol. The fourth-order valence-corrected chi connectivity index (χ4v) is 8.66. The molecule has 3 nitrogen and oxygen atoms in total. The van der Waals surface area contributed by atoms with Gasteiger partial charge in [-0.15, -0.1) is 0 Å². The highest BCUT2D eigenvalue weighted by Crippen LogP contribution is 2.45. The van der Waals surface area contributed by atoms with Gasteiger partial charge in [0.1, 0.15) is 0 Å². The first-order valence-electron chi connectivity index (χ1n) is 19.3. The van der Waals surface area contributed by atoms with Gasteiger partial charge in [0.25, 0.3) is 0 Å². The van der Waals surface area contributed by atoms with E-state index >= 15 is 0 Å². The lowest BCUT2D eigenvalue weighted by Gasteiger charge is -2.24. The van der Waals surface area contributed by atoms with Crippen molar-refractivity contribution in [2.45, 2.75) is 6.42 Å². The number of hydrogen-bond donors (Lipinski definition) is 0. The van der Waals surface area contributed by atoms with Gasteiger partial charge in [0.15, 0.2) is 5.82 Å². The van der Waals surface area contributed by atoms with E-state index in [-0.39, 0.29) is 0 Å². The summed E-state index contributed by atoms with van der Waals surface area (Å²) < 4.78 is 0. The molecule has 0 fully saturated rings. The molecule has 0 amide bonds. The number of para-hydroxylation sites is 1. The van der Waals surface area contributed by atoms with Crippen LogP contribution in [0.4, 0.5) is 0 Å². The van der Waals surface area contributed by atoms with Crippen LogP contribution in [-0.4, -0.2) is 15.0 Å². The minimum Gasteiger partial charge on any atom is -0.256 e. The van der Waals surface area contributed by atoms with Crippen LogP contribution in [0, 0.1) is 5.92 Å². The van der Waals surface area contributed by atoms with E-state index in [0.29, 0.717) is 11.7 Å². The third-order valence-corrected chi connectivity index (χ3v) is 11.4. The first kappa shape index (κ1) is 32.2. The SMILES string of the molecule is C1=CC2=CC(c3c4ccccc4c(-c4ccc5ccccc5c4)c4ccc(-c5ccc(-c6nc(-c7ccccc7)nc7ccccc67)cn5)cc34)=CCC2C=C1. The zero-order valence-corrected chi connectivity index (χ0v) is 30.6. The van der Waals surface area contributed by atoms with E-state index < -0.39 is 0 Å². The average Bonchev–Trinajstić information content (AvgIpc) is 3.27. The number of fused-ring (bicyclic) bond motifs is 5. The summed E-state index contributed by atoms with van der Waals surface area (Å²) in [4.78, 5) is 15.1. The van der Waals surface area contributed by atoms with Crippen molar-refractivity contribution in [1.82, 2.24) is 15.0 Å². The van der Waals surface area contributed by atoms with Gasteiger partial charge in [-0.05, 0) is 96.9 Å². The minimum absolute atomic E-state index is 0.423. The predicted molar refractivity (Wildman–Crippen MR) is 234 cm³/mol. The Hall–Kier alpha value is -7.23. The summed E-state index contributed by atoms with van der Waals surface area (Å²) in [6.45, 7) is 0. The fraction of sp³-hybridized carbons (Fsp3) is 0.0377. The first-order chi connectivity index (χ1) is 27.7. The van der Waals surface area contributed by atoms with E-state index in [2.05, 4.69) is 158 Å². The molecule has 2 aliphatic rings. The Morgan fingerprint density at radius 3 is 2.09 bits per heavy atom. The summed E-state index contributed by atoms with van der Waals surface area (Å²) in [5.41, 5.74) is 12.1. The van der Waals surface area contributed by atoms with E-state index in [9.17, 15) is 0 Å². The van der Waals surface area contributed by atoms with E-state index in [0.717, 1.165) is 45.4 Å². The molecule has 2 aromatic heterocycles. The lowest BCUT2D eigenvalue weighted by atomic mass is 9.80. The molecule has 0 saturated carbocycles. The molecule has 1 atom stereocenters. The maximum Gasteiger partial charge on any atom is 0.160 e. The standard InChI is InChI=1S/C53H35N3/c1-2-14-36(15-3-1)53-55-49-21-11-10-20-46(49)52(56-53)42-27-29-48(54-33-42)39-26-28-45-47(32-39)51(41-25-23-35-13-5-7-17-38(35)31-41)44-19-9-8-18-43(44)50(45)40-24-22-34-12-4-6-16-37(34)30-40/h1-22,24-33,35H,23H2. The lowest BCUT2D eigenvalue weighted by molar-refractivity contribution is 0.783. The third-order valence-electron chi connectivity index (χ3n) is 11.4. The Bertz CT molecular complexity index is 3150. The smallest absolute Gasteiger partial charge is 0.160 e. The summed E-state index contributed by atoms with van der Waals surface area (Å²) in [5, 5.41) is 8.45. The highest BCUT2D eigenvalue weighted by Gasteiger charge is 2.22. The molecule has 0 bridgehead atoms. The van der Waals surface area contributed by atoms with Crippen LogP contribution in [0.25, 0.3) is 93.8 Å². The fourth-order valence-electron chi connectivity index (χ4n) is 8.66. The van der Waals surface area contributed by atoms with Gasteiger partial charge in [-0.25, -0.2) is 9.97 Å².